The molecule has 0 aliphatic rings. The SMILES string of the molecule is CC([NH])(C(=O)O)C(=O)O. The van der Waals surface area contributed by atoms with Gasteiger partial charge in [0.15, 0.2) is 0 Å². The zero-order valence-corrected chi connectivity index (χ0v) is 4.71. The summed E-state index contributed by atoms with van der Waals surface area (Å²) < 4.78 is 0. The molecule has 1 radical (unpaired) electrons. The Bertz CT molecular complexity index is 135. The van der Waals surface area contributed by atoms with Gasteiger partial charge in [-0.3, -0.25) is 0 Å². The fourth-order valence-corrected chi connectivity index (χ4v) is 0.0915. The van der Waals surface area contributed by atoms with Crippen LogP contribution in [-0.4, -0.2) is 27.7 Å². The second kappa shape index (κ2) is 2.02. The van der Waals surface area contributed by atoms with Crippen molar-refractivity contribution >= 4 is 11.9 Å². The molecule has 9 heavy (non-hydrogen) atoms. The smallest absolute Gasteiger partial charge is 0.336 e. The summed E-state index contributed by atoms with van der Waals surface area (Å²) in [5, 5.41) is 16.1. The number of hydrogen-bond acceptors (Lipinski definition) is 2. The van der Waals surface area contributed by atoms with E-state index in [-0.39, 0.29) is 0 Å². The number of hydrogen-bond donors (Lipinski definition) is 2. The average molecular weight is 132 g/mol. The maximum atomic E-state index is 9.89. The predicted molar refractivity (Wildman–Crippen MR) is 26.8 cm³/mol. The van der Waals surface area contributed by atoms with Gasteiger partial charge in [-0.25, -0.2) is 15.3 Å². The van der Waals surface area contributed by atoms with Crippen molar-refractivity contribution in [3.05, 3.63) is 0 Å². The highest BCUT2D eigenvalue weighted by Gasteiger charge is 2.37. The first-order chi connectivity index (χ1) is 3.89. The fraction of sp³-hybridized carbons (Fsp3) is 0.500. The molecule has 0 aromatic rings. The number of carboxylic acids is 2. The van der Waals surface area contributed by atoms with Gasteiger partial charge in [-0.05, 0) is 6.92 Å². The van der Waals surface area contributed by atoms with Crippen molar-refractivity contribution in [3.63, 3.8) is 0 Å². The molecule has 0 spiro atoms. The second-order valence-corrected chi connectivity index (χ2v) is 1.74. The Kier molecular flexibility index (Phi) is 1.77. The highest BCUT2D eigenvalue weighted by atomic mass is 16.4. The lowest BCUT2D eigenvalue weighted by Crippen LogP contribution is -2.44. The summed E-state index contributed by atoms with van der Waals surface area (Å²) >= 11 is 0. The molecule has 0 saturated carbocycles. The first kappa shape index (κ1) is 7.90. The van der Waals surface area contributed by atoms with Crippen LogP contribution in [0.3, 0.4) is 0 Å². The van der Waals surface area contributed by atoms with Gasteiger partial charge in [0.05, 0.1) is 0 Å². The van der Waals surface area contributed by atoms with Crippen molar-refractivity contribution in [1.82, 2.24) is 5.73 Å². The lowest BCUT2D eigenvalue weighted by molar-refractivity contribution is -0.156. The highest BCUT2D eigenvalue weighted by molar-refractivity contribution is 6.02. The van der Waals surface area contributed by atoms with Gasteiger partial charge in [0.1, 0.15) is 0 Å². The second-order valence-electron chi connectivity index (χ2n) is 1.74. The van der Waals surface area contributed by atoms with Crippen LogP contribution in [0.5, 0.6) is 0 Å². The summed E-state index contributed by atoms with van der Waals surface area (Å²) in [4.78, 5) is 19.8. The minimum atomic E-state index is -2.42. The number of carboxylic acid groups (broad SMARTS) is 2. The molecule has 0 amide bonds. The van der Waals surface area contributed by atoms with Crippen LogP contribution in [0, 0.1) is 0 Å². The molecule has 0 bridgehead atoms. The van der Waals surface area contributed by atoms with Gasteiger partial charge < -0.3 is 10.2 Å². The topological polar surface area (TPSA) is 98.4 Å². The summed E-state index contributed by atoms with van der Waals surface area (Å²) in [5.41, 5.74) is 4.22. The zero-order chi connectivity index (χ0) is 7.65. The molecule has 0 unspecified atom stereocenters. The molecular weight excluding hydrogens is 126 g/mol. The van der Waals surface area contributed by atoms with E-state index in [1.54, 1.807) is 0 Å². The normalized spacial score (nSPS) is 10.9. The van der Waals surface area contributed by atoms with Crippen LogP contribution in [0.2, 0.25) is 0 Å². The van der Waals surface area contributed by atoms with E-state index < -0.39 is 17.5 Å². The molecular formula is C4H6NO4. The maximum absolute atomic E-state index is 9.89. The van der Waals surface area contributed by atoms with E-state index in [1.165, 1.54) is 0 Å². The van der Waals surface area contributed by atoms with Gasteiger partial charge in [0.25, 0.3) is 0 Å². The highest BCUT2D eigenvalue weighted by Crippen LogP contribution is 2.00. The molecule has 51 valence electrons. The molecule has 0 fully saturated rings. The van der Waals surface area contributed by atoms with Crippen LogP contribution in [0.25, 0.3) is 0 Å². The Morgan fingerprint density at radius 2 is 1.56 bits per heavy atom. The molecule has 0 rings (SSSR count). The Balaban J connectivity index is 4.38. The third-order valence-electron chi connectivity index (χ3n) is 0.855. The van der Waals surface area contributed by atoms with E-state index in [4.69, 9.17) is 15.9 Å². The molecule has 3 N–H and O–H groups in total. The average Bonchev–Trinajstić information content (AvgIpc) is 1.65. The third kappa shape index (κ3) is 1.39. The van der Waals surface area contributed by atoms with Crippen LogP contribution in [0.4, 0.5) is 0 Å². The Hall–Kier alpha value is -1.10. The molecule has 0 aromatic heterocycles. The molecule has 0 aliphatic carbocycles. The van der Waals surface area contributed by atoms with Gasteiger partial charge in [0, 0.05) is 0 Å². The van der Waals surface area contributed by atoms with Gasteiger partial charge in [-0.1, -0.05) is 0 Å². The molecule has 0 heterocycles. The van der Waals surface area contributed by atoms with Crippen molar-refractivity contribution in [3.8, 4) is 0 Å². The lowest BCUT2D eigenvalue weighted by Gasteiger charge is -2.09. The minimum absolute atomic E-state index is 0.803. The largest absolute Gasteiger partial charge is 0.479 e. The first-order valence-corrected chi connectivity index (χ1v) is 2.11. The third-order valence-corrected chi connectivity index (χ3v) is 0.855. The van der Waals surface area contributed by atoms with E-state index >= 15 is 0 Å². The quantitative estimate of drug-likeness (QED) is 0.480. The summed E-state index contributed by atoms with van der Waals surface area (Å²) in [5.74, 6) is -3.31. The van der Waals surface area contributed by atoms with Crippen molar-refractivity contribution in [2.75, 3.05) is 0 Å². The van der Waals surface area contributed by atoms with E-state index in [0.29, 0.717) is 0 Å². The summed E-state index contributed by atoms with van der Waals surface area (Å²) in [7, 11) is 0. The fourth-order valence-electron chi connectivity index (χ4n) is 0.0915. The van der Waals surface area contributed by atoms with E-state index in [0.717, 1.165) is 6.92 Å². The first-order valence-electron chi connectivity index (χ1n) is 2.11. The van der Waals surface area contributed by atoms with Crippen LogP contribution >= 0.6 is 0 Å². The molecule has 0 aromatic carbocycles. The van der Waals surface area contributed by atoms with Gasteiger partial charge in [0.2, 0.25) is 5.54 Å². The minimum Gasteiger partial charge on any atom is -0.479 e. The molecule has 5 heteroatoms. The van der Waals surface area contributed by atoms with Crippen LogP contribution in [0.1, 0.15) is 6.92 Å². The Labute approximate surface area is 51.1 Å². The van der Waals surface area contributed by atoms with E-state index in [2.05, 4.69) is 0 Å². The lowest BCUT2D eigenvalue weighted by atomic mass is 10.1. The molecule has 5 nitrogen and oxygen atoms in total. The predicted octanol–water partition coefficient (Wildman–Crippen LogP) is -0.803. The Morgan fingerprint density at radius 3 is 1.56 bits per heavy atom. The maximum Gasteiger partial charge on any atom is 0.336 e. The van der Waals surface area contributed by atoms with Crippen LogP contribution in [0.15, 0.2) is 0 Å². The van der Waals surface area contributed by atoms with Crippen LogP contribution in [-0.2, 0) is 9.59 Å². The molecule has 0 saturated heterocycles. The van der Waals surface area contributed by atoms with Gasteiger partial charge in [-0.15, -0.1) is 0 Å². The van der Waals surface area contributed by atoms with Gasteiger partial charge >= 0.3 is 11.9 Å². The standard InChI is InChI=1S/C4H6NO4/c1-4(5,2(6)7)3(8)9/h5H,1H3,(H,6,7)(H,8,9). The number of aliphatic carboxylic acids is 2. The molecule has 0 aliphatic heterocycles. The van der Waals surface area contributed by atoms with Crippen molar-refractivity contribution in [1.29, 1.82) is 0 Å². The number of nitrogens with one attached hydrogen (secondary N) is 1. The Morgan fingerprint density at radius 1 is 1.33 bits per heavy atom. The number of carbonyl (C=O) groups is 2. The monoisotopic (exact) mass is 132 g/mol. The van der Waals surface area contributed by atoms with Crippen LogP contribution < -0.4 is 5.73 Å². The summed E-state index contributed by atoms with van der Waals surface area (Å²) in [6.45, 7) is 0.803. The zero-order valence-electron chi connectivity index (χ0n) is 4.71. The summed E-state index contributed by atoms with van der Waals surface area (Å²) in [6, 6.07) is 0. The summed E-state index contributed by atoms with van der Waals surface area (Å²) in [6.07, 6.45) is 0. The van der Waals surface area contributed by atoms with Crippen molar-refractivity contribution in [2.24, 2.45) is 0 Å². The van der Waals surface area contributed by atoms with Gasteiger partial charge in [-0.2, -0.15) is 0 Å². The van der Waals surface area contributed by atoms with E-state index in [1.807, 2.05) is 0 Å². The number of rotatable bonds is 2. The van der Waals surface area contributed by atoms with Crippen molar-refractivity contribution < 1.29 is 19.8 Å². The van der Waals surface area contributed by atoms with Crippen molar-refractivity contribution in [2.45, 2.75) is 12.5 Å². The van der Waals surface area contributed by atoms with E-state index in [9.17, 15) is 9.59 Å². The molecule has 0 atom stereocenters.